The van der Waals surface area contributed by atoms with Gasteiger partial charge in [-0.1, -0.05) is 41.9 Å². The van der Waals surface area contributed by atoms with Crippen molar-refractivity contribution in [2.45, 2.75) is 12.5 Å². The predicted molar refractivity (Wildman–Crippen MR) is 114 cm³/mol. The molecule has 6 heteroatoms. The molecule has 2 N–H and O–H groups in total. The van der Waals surface area contributed by atoms with Crippen molar-refractivity contribution in [1.82, 2.24) is 5.32 Å². The van der Waals surface area contributed by atoms with E-state index in [1.807, 2.05) is 30.3 Å². The highest BCUT2D eigenvalue weighted by molar-refractivity contribution is 6.30. The molecular weight excluding hydrogens is 388 g/mol. The van der Waals surface area contributed by atoms with E-state index in [1.54, 1.807) is 55.6 Å². The molecule has 0 saturated heterocycles. The number of methoxy groups -OCH3 is 1. The van der Waals surface area contributed by atoms with Crippen molar-refractivity contribution in [3.05, 3.63) is 95.0 Å². The van der Waals surface area contributed by atoms with Crippen LogP contribution >= 0.6 is 11.6 Å². The first-order chi connectivity index (χ1) is 14.0. The SMILES string of the molecule is COc1ccc(NC(=O)C(Cc2ccccc2)NC(=O)c2ccc(Cl)cc2)cc1. The zero-order chi connectivity index (χ0) is 20.6. The van der Waals surface area contributed by atoms with Crippen molar-refractivity contribution in [3.63, 3.8) is 0 Å². The topological polar surface area (TPSA) is 67.4 Å². The molecule has 5 nitrogen and oxygen atoms in total. The summed E-state index contributed by atoms with van der Waals surface area (Å²) >= 11 is 5.89. The van der Waals surface area contributed by atoms with Crippen molar-refractivity contribution in [2.24, 2.45) is 0 Å². The lowest BCUT2D eigenvalue weighted by Crippen LogP contribution is -2.45. The number of ether oxygens (including phenoxy) is 1. The zero-order valence-corrected chi connectivity index (χ0v) is 16.6. The van der Waals surface area contributed by atoms with E-state index in [2.05, 4.69) is 10.6 Å². The molecule has 0 spiro atoms. The van der Waals surface area contributed by atoms with Crippen LogP contribution in [0.5, 0.6) is 5.75 Å². The molecule has 1 unspecified atom stereocenters. The number of amides is 2. The standard InChI is InChI=1S/C23H21ClN2O3/c1-29-20-13-11-19(12-14-20)25-23(28)21(15-16-5-3-2-4-6-16)26-22(27)17-7-9-18(24)10-8-17/h2-14,21H,15H2,1H3,(H,25,28)(H,26,27). The Balaban J connectivity index is 1.76. The Morgan fingerprint density at radius 1 is 0.931 bits per heavy atom. The number of carbonyl (C=O) groups is 2. The smallest absolute Gasteiger partial charge is 0.251 e. The van der Waals surface area contributed by atoms with Crippen LogP contribution in [0, 0.1) is 0 Å². The van der Waals surface area contributed by atoms with Crippen LogP contribution in [-0.2, 0) is 11.2 Å². The Kier molecular flexibility index (Phi) is 6.87. The van der Waals surface area contributed by atoms with E-state index in [0.29, 0.717) is 28.4 Å². The minimum atomic E-state index is -0.748. The second-order valence-corrected chi connectivity index (χ2v) is 6.88. The molecule has 0 heterocycles. The largest absolute Gasteiger partial charge is 0.497 e. The molecule has 0 aromatic heterocycles. The van der Waals surface area contributed by atoms with Crippen molar-refractivity contribution in [2.75, 3.05) is 12.4 Å². The summed E-state index contributed by atoms with van der Waals surface area (Å²) in [6.45, 7) is 0. The fourth-order valence-electron chi connectivity index (χ4n) is 2.81. The maximum absolute atomic E-state index is 12.9. The number of hydrogen-bond donors (Lipinski definition) is 2. The lowest BCUT2D eigenvalue weighted by atomic mass is 10.0. The Morgan fingerprint density at radius 2 is 1.59 bits per heavy atom. The summed E-state index contributed by atoms with van der Waals surface area (Å²) in [5.74, 6) is 0.0497. The summed E-state index contributed by atoms with van der Waals surface area (Å²) in [5, 5.41) is 6.22. The number of anilines is 1. The molecule has 0 aliphatic rings. The van der Waals surface area contributed by atoms with Crippen LogP contribution in [0.1, 0.15) is 15.9 Å². The van der Waals surface area contributed by atoms with E-state index in [9.17, 15) is 9.59 Å². The van der Waals surface area contributed by atoms with Gasteiger partial charge in [-0.3, -0.25) is 9.59 Å². The van der Waals surface area contributed by atoms with Gasteiger partial charge in [-0.15, -0.1) is 0 Å². The molecule has 0 saturated carbocycles. The Hall–Kier alpha value is -3.31. The van der Waals surface area contributed by atoms with Crippen molar-refractivity contribution < 1.29 is 14.3 Å². The van der Waals surface area contributed by atoms with E-state index >= 15 is 0 Å². The molecule has 148 valence electrons. The monoisotopic (exact) mass is 408 g/mol. The number of hydrogen-bond acceptors (Lipinski definition) is 3. The number of rotatable bonds is 7. The molecule has 0 fully saturated rings. The van der Waals surface area contributed by atoms with Crippen LogP contribution in [0.3, 0.4) is 0 Å². The molecule has 0 bridgehead atoms. The predicted octanol–water partition coefficient (Wildman–Crippen LogP) is 4.33. The molecule has 0 aliphatic heterocycles. The van der Waals surface area contributed by atoms with Crippen LogP contribution in [0.2, 0.25) is 5.02 Å². The molecule has 0 radical (unpaired) electrons. The third-order valence-corrected chi connectivity index (χ3v) is 4.62. The molecule has 0 aliphatic carbocycles. The summed E-state index contributed by atoms with van der Waals surface area (Å²) in [5.41, 5.74) is 2.00. The fourth-order valence-corrected chi connectivity index (χ4v) is 2.93. The van der Waals surface area contributed by atoms with Crippen LogP contribution in [0.4, 0.5) is 5.69 Å². The van der Waals surface area contributed by atoms with Gasteiger partial charge in [0, 0.05) is 22.7 Å². The van der Waals surface area contributed by atoms with Gasteiger partial charge >= 0.3 is 0 Å². The van der Waals surface area contributed by atoms with Crippen molar-refractivity contribution >= 4 is 29.1 Å². The quantitative estimate of drug-likeness (QED) is 0.611. The summed E-state index contributed by atoms with van der Waals surface area (Å²) in [4.78, 5) is 25.6. The number of benzene rings is 3. The third kappa shape index (κ3) is 5.83. The molecule has 3 rings (SSSR count). The highest BCUT2D eigenvalue weighted by atomic mass is 35.5. The van der Waals surface area contributed by atoms with E-state index in [0.717, 1.165) is 5.56 Å². The van der Waals surface area contributed by atoms with Crippen LogP contribution in [0.25, 0.3) is 0 Å². The third-order valence-electron chi connectivity index (χ3n) is 4.37. The summed E-state index contributed by atoms with van der Waals surface area (Å²) in [6.07, 6.45) is 0.363. The Morgan fingerprint density at radius 3 is 2.21 bits per heavy atom. The normalized spacial score (nSPS) is 11.4. The number of nitrogens with one attached hydrogen (secondary N) is 2. The molecule has 2 amide bonds. The first-order valence-electron chi connectivity index (χ1n) is 9.10. The lowest BCUT2D eigenvalue weighted by Gasteiger charge is -2.19. The average molecular weight is 409 g/mol. The summed E-state index contributed by atoms with van der Waals surface area (Å²) in [6, 6.07) is 22.3. The molecular formula is C23H21ClN2O3. The van der Waals surface area contributed by atoms with E-state index in [-0.39, 0.29) is 11.8 Å². The van der Waals surface area contributed by atoms with Gasteiger partial charge in [0.25, 0.3) is 5.91 Å². The molecule has 29 heavy (non-hydrogen) atoms. The maximum Gasteiger partial charge on any atom is 0.251 e. The van der Waals surface area contributed by atoms with Crippen LogP contribution < -0.4 is 15.4 Å². The van der Waals surface area contributed by atoms with Gasteiger partial charge in [0.15, 0.2) is 0 Å². The number of carbonyl (C=O) groups excluding carboxylic acids is 2. The van der Waals surface area contributed by atoms with Crippen molar-refractivity contribution in [3.8, 4) is 5.75 Å². The van der Waals surface area contributed by atoms with E-state index in [4.69, 9.17) is 16.3 Å². The molecule has 1 atom stereocenters. The Labute approximate surface area is 174 Å². The highest BCUT2D eigenvalue weighted by Gasteiger charge is 2.22. The first-order valence-corrected chi connectivity index (χ1v) is 9.48. The Bertz CT molecular complexity index is 958. The molecule has 3 aromatic rings. The lowest BCUT2D eigenvalue weighted by molar-refractivity contribution is -0.118. The zero-order valence-electron chi connectivity index (χ0n) is 15.9. The van der Waals surface area contributed by atoms with Crippen LogP contribution in [-0.4, -0.2) is 25.0 Å². The highest BCUT2D eigenvalue weighted by Crippen LogP contribution is 2.16. The maximum atomic E-state index is 12.9. The van der Waals surface area contributed by atoms with Gasteiger partial charge < -0.3 is 15.4 Å². The van der Waals surface area contributed by atoms with E-state index in [1.165, 1.54) is 0 Å². The van der Waals surface area contributed by atoms with E-state index < -0.39 is 6.04 Å². The van der Waals surface area contributed by atoms with Gasteiger partial charge in [0.05, 0.1) is 7.11 Å². The second-order valence-electron chi connectivity index (χ2n) is 6.44. The van der Waals surface area contributed by atoms with Gasteiger partial charge in [-0.25, -0.2) is 0 Å². The van der Waals surface area contributed by atoms with Gasteiger partial charge in [0.2, 0.25) is 5.91 Å². The van der Waals surface area contributed by atoms with Crippen LogP contribution in [0.15, 0.2) is 78.9 Å². The van der Waals surface area contributed by atoms with Crippen molar-refractivity contribution in [1.29, 1.82) is 0 Å². The van der Waals surface area contributed by atoms with Gasteiger partial charge in [-0.2, -0.15) is 0 Å². The average Bonchev–Trinajstić information content (AvgIpc) is 2.75. The summed E-state index contributed by atoms with van der Waals surface area (Å²) < 4.78 is 5.13. The fraction of sp³-hybridized carbons (Fsp3) is 0.130. The minimum Gasteiger partial charge on any atom is -0.497 e. The van der Waals surface area contributed by atoms with Gasteiger partial charge in [-0.05, 0) is 54.1 Å². The first kappa shape index (κ1) is 20.4. The second kappa shape index (κ2) is 9.75. The summed E-state index contributed by atoms with van der Waals surface area (Å²) in [7, 11) is 1.58. The number of halogens is 1. The molecule has 3 aromatic carbocycles. The minimum absolute atomic E-state index is 0.304. The van der Waals surface area contributed by atoms with Gasteiger partial charge in [0.1, 0.15) is 11.8 Å².